The van der Waals surface area contributed by atoms with Gasteiger partial charge in [0.1, 0.15) is 12.3 Å². The normalized spacial score (nSPS) is 12.0. The van der Waals surface area contributed by atoms with Crippen molar-refractivity contribution in [1.82, 2.24) is 14.4 Å². The molecule has 2 heterocycles. The predicted octanol–water partition coefficient (Wildman–Crippen LogP) is 3.57. The van der Waals surface area contributed by atoms with E-state index in [9.17, 15) is 9.59 Å². The van der Waals surface area contributed by atoms with E-state index in [2.05, 4.69) is 0 Å². The van der Waals surface area contributed by atoms with Crippen LogP contribution in [0.15, 0.2) is 41.1 Å². The van der Waals surface area contributed by atoms with Crippen LogP contribution in [-0.4, -0.2) is 38.8 Å². The van der Waals surface area contributed by atoms with Gasteiger partial charge >= 0.3 is 0 Å². The maximum absolute atomic E-state index is 13.1. The summed E-state index contributed by atoms with van der Waals surface area (Å²) in [5, 5.41) is 0. The highest BCUT2D eigenvalue weighted by molar-refractivity contribution is 5.85. The summed E-state index contributed by atoms with van der Waals surface area (Å²) in [5.74, 6) is 0.696. The number of rotatable bonds is 10. The Hall–Kier alpha value is -2.50. The van der Waals surface area contributed by atoms with Crippen LogP contribution >= 0.6 is 0 Å². The third-order valence-electron chi connectivity index (χ3n) is 4.90. The van der Waals surface area contributed by atoms with E-state index < -0.39 is 0 Å². The van der Waals surface area contributed by atoms with Crippen LogP contribution in [0.2, 0.25) is 0 Å². The minimum absolute atomic E-state index is 0.0356. The summed E-state index contributed by atoms with van der Waals surface area (Å²) in [6, 6.07) is 7.67. The first-order chi connectivity index (χ1) is 13.0. The summed E-state index contributed by atoms with van der Waals surface area (Å²) in [7, 11) is 1.96. The van der Waals surface area contributed by atoms with E-state index in [4.69, 9.17) is 4.42 Å². The highest BCUT2D eigenvalue weighted by Gasteiger charge is 2.25. The quantitative estimate of drug-likeness (QED) is 0.640. The molecule has 1 unspecified atom stereocenters. The van der Waals surface area contributed by atoms with Crippen LogP contribution < -0.4 is 0 Å². The number of amides is 2. The number of furan rings is 1. The second-order valence-electron chi connectivity index (χ2n) is 6.97. The smallest absolute Gasteiger partial charge is 0.242 e. The van der Waals surface area contributed by atoms with Gasteiger partial charge in [-0.1, -0.05) is 13.8 Å². The lowest BCUT2D eigenvalue weighted by Crippen LogP contribution is -2.46. The van der Waals surface area contributed by atoms with Crippen molar-refractivity contribution in [3.05, 3.63) is 48.2 Å². The molecule has 2 amide bonds. The number of aryl methyl sites for hydroxylation is 1. The van der Waals surface area contributed by atoms with E-state index >= 15 is 0 Å². The van der Waals surface area contributed by atoms with Gasteiger partial charge in [-0.15, -0.1) is 0 Å². The largest absolute Gasteiger partial charge is 0.467 e. The summed E-state index contributed by atoms with van der Waals surface area (Å²) in [5.41, 5.74) is 1.03. The maximum atomic E-state index is 13.1. The van der Waals surface area contributed by atoms with Gasteiger partial charge in [0.05, 0.1) is 19.4 Å². The second kappa shape index (κ2) is 10.00. The van der Waals surface area contributed by atoms with Crippen LogP contribution in [0.5, 0.6) is 0 Å². The van der Waals surface area contributed by atoms with Gasteiger partial charge in [-0.3, -0.25) is 9.59 Å². The summed E-state index contributed by atoms with van der Waals surface area (Å²) < 4.78 is 7.44. The average molecular weight is 373 g/mol. The topological polar surface area (TPSA) is 58.7 Å². The fraction of sp³-hybridized carbons (Fsp3) is 0.524. The minimum atomic E-state index is -0.0719. The molecule has 0 saturated carbocycles. The van der Waals surface area contributed by atoms with Crippen LogP contribution in [0, 0.1) is 0 Å². The van der Waals surface area contributed by atoms with Crippen molar-refractivity contribution in [1.29, 1.82) is 0 Å². The van der Waals surface area contributed by atoms with Gasteiger partial charge in [-0.25, -0.2) is 0 Å². The fourth-order valence-corrected chi connectivity index (χ4v) is 2.99. The van der Waals surface area contributed by atoms with Gasteiger partial charge in [0.25, 0.3) is 0 Å². The molecule has 0 fully saturated rings. The Morgan fingerprint density at radius 1 is 1.15 bits per heavy atom. The Morgan fingerprint density at radius 3 is 2.48 bits per heavy atom. The molecule has 0 aliphatic heterocycles. The number of nitrogens with zero attached hydrogens (tertiary/aromatic N) is 3. The lowest BCUT2D eigenvalue weighted by molar-refractivity contribution is -0.143. The first-order valence-electron chi connectivity index (χ1n) is 9.66. The molecule has 0 saturated heterocycles. The molecule has 6 heteroatoms. The molecule has 0 aliphatic carbocycles. The lowest BCUT2D eigenvalue weighted by Gasteiger charge is -2.31. The fourth-order valence-electron chi connectivity index (χ4n) is 2.99. The number of hydrogen-bond donors (Lipinski definition) is 0. The third kappa shape index (κ3) is 5.74. The van der Waals surface area contributed by atoms with Gasteiger partial charge in [0.2, 0.25) is 11.8 Å². The number of carbonyl (C=O) groups excluding carboxylic acids is 2. The van der Waals surface area contributed by atoms with Gasteiger partial charge in [0, 0.05) is 31.4 Å². The van der Waals surface area contributed by atoms with Gasteiger partial charge in [0.15, 0.2) is 0 Å². The highest BCUT2D eigenvalue weighted by atomic mass is 16.3. The highest BCUT2D eigenvalue weighted by Crippen LogP contribution is 2.14. The predicted molar refractivity (Wildman–Crippen MR) is 105 cm³/mol. The van der Waals surface area contributed by atoms with E-state index in [-0.39, 0.29) is 24.4 Å². The van der Waals surface area contributed by atoms with Crippen molar-refractivity contribution in [3.63, 3.8) is 0 Å². The molecule has 2 aromatic rings. The summed E-state index contributed by atoms with van der Waals surface area (Å²) in [6.45, 7) is 6.96. The molecule has 0 aliphatic rings. The Morgan fingerprint density at radius 2 is 1.93 bits per heavy atom. The maximum Gasteiger partial charge on any atom is 0.242 e. The van der Waals surface area contributed by atoms with Gasteiger partial charge in [-0.05, 0) is 44.0 Å². The van der Waals surface area contributed by atoms with Crippen LogP contribution in [0.3, 0.4) is 0 Å². The number of carbonyl (C=O) groups is 2. The number of aromatic nitrogens is 1. The minimum Gasteiger partial charge on any atom is -0.467 e. The third-order valence-corrected chi connectivity index (χ3v) is 4.90. The summed E-state index contributed by atoms with van der Waals surface area (Å²) in [4.78, 5) is 29.1. The van der Waals surface area contributed by atoms with Gasteiger partial charge < -0.3 is 18.8 Å². The van der Waals surface area contributed by atoms with E-state index in [1.165, 1.54) is 0 Å². The Balaban J connectivity index is 2.17. The van der Waals surface area contributed by atoms with E-state index in [0.29, 0.717) is 19.5 Å². The van der Waals surface area contributed by atoms with Crippen LogP contribution in [-0.2, 0) is 29.7 Å². The molecule has 6 nitrogen and oxygen atoms in total. The molecular formula is C21H31N3O3. The van der Waals surface area contributed by atoms with Crippen molar-refractivity contribution in [2.45, 2.75) is 59.2 Å². The van der Waals surface area contributed by atoms with Crippen molar-refractivity contribution < 1.29 is 14.0 Å². The van der Waals surface area contributed by atoms with Crippen LogP contribution in [0.4, 0.5) is 0 Å². The van der Waals surface area contributed by atoms with E-state index in [1.807, 2.05) is 62.8 Å². The van der Waals surface area contributed by atoms with Crippen molar-refractivity contribution in [2.24, 2.45) is 7.05 Å². The molecular weight excluding hydrogens is 342 g/mol. The van der Waals surface area contributed by atoms with Gasteiger partial charge in [-0.2, -0.15) is 0 Å². The Bertz CT molecular complexity index is 721. The Kier molecular flexibility index (Phi) is 7.70. The zero-order valence-corrected chi connectivity index (χ0v) is 16.9. The summed E-state index contributed by atoms with van der Waals surface area (Å²) >= 11 is 0. The number of hydrogen-bond acceptors (Lipinski definition) is 3. The molecule has 0 radical (unpaired) electrons. The van der Waals surface area contributed by atoms with Crippen LogP contribution in [0.25, 0.3) is 0 Å². The van der Waals surface area contributed by atoms with E-state index in [1.54, 1.807) is 16.1 Å². The molecule has 0 N–H and O–H groups in total. The molecule has 1 atom stereocenters. The second-order valence-corrected chi connectivity index (χ2v) is 6.97. The molecule has 0 bridgehead atoms. The molecule has 0 spiro atoms. The monoisotopic (exact) mass is 373 g/mol. The first-order valence-corrected chi connectivity index (χ1v) is 9.66. The molecule has 148 valence electrons. The zero-order chi connectivity index (χ0) is 19.8. The Labute approximate surface area is 161 Å². The molecule has 2 aromatic heterocycles. The van der Waals surface area contributed by atoms with Crippen LogP contribution in [0.1, 0.15) is 51.5 Å². The SMILES string of the molecule is CCCC(=O)N(CC(=O)N(Cc1ccco1)Cc1cccn1C)C(C)CC. The van der Waals surface area contributed by atoms with Crippen molar-refractivity contribution in [3.8, 4) is 0 Å². The van der Waals surface area contributed by atoms with E-state index in [0.717, 1.165) is 24.3 Å². The molecule has 2 rings (SSSR count). The zero-order valence-electron chi connectivity index (χ0n) is 16.9. The molecule has 0 aromatic carbocycles. The lowest BCUT2D eigenvalue weighted by atomic mass is 10.2. The first kappa shape index (κ1) is 20.8. The van der Waals surface area contributed by atoms with Crippen molar-refractivity contribution in [2.75, 3.05) is 6.54 Å². The standard InChI is InChI=1S/C21H31N3O3/c1-5-9-20(25)24(17(3)6-2)16-21(26)23(15-19-11-8-13-27-19)14-18-10-7-12-22(18)4/h7-8,10-13,17H,5-6,9,14-16H2,1-4H3. The van der Waals surface area contributed by atoms with Crippen molar-refractivity contribution >= 4 is 11.8 Å². The average Bonchev–Trinajstić information content (AvgIpc) is 3.30. The molecule has 27 heavy (non-hydrogen) atoms. The summed E-state index contributed by atoms with van der Waals surface area (Å²) in [6.07, 6.45) is 5.63.